The molecule has 8 heteroatoms. The molecule has 1 aromatic carbocycles. The molecular weight excluding hydrogens is 394 g/mol. The van der Waals surface area contributed by atoms with Gasteiger partial charge in [0, 0.05) is 32.7 Å². The zero-order chi connectivity index (χ0) is 22.0. The molecule has 0 bridgehead atoms. The van der Waals surface area contributed by atoms with Crippen molar-refractivity contribution in [1.82, 2.24) is 24.9 Å². The molecule has 4 rings (SSSR count). The summed E-state index contributed by atoms with van der Waals surface area (Å²) in [4.78, 5) is 42.3. The Bertz CT molecular complexity index is 978. The van der Waals surface area contributed by atoms with Crippen molar-refractivity contribution in [3.8, 4) is 0 Å². The normalized spacial score (nSPS) is 21.4. The van der Waals surface area contributed by atoms with E-state index in [0.29, 0.717) is 25.3 Å². The molecule has 3 amide bonds. The van der Waals surface area contributed by atoms with Crippen molar-refractivity contribution in [2.24, 2.45) is 0 Å². The molecule has 3 heterocycles. The molecule has 0 aliphatic carbocycles. The van der Waals surface area contributed by atoms with Crippen molar-refractivity contribution >= 4 is 17.7 Å². The average Bonchev–Trinajstić information content (AvgIpc) is 3.01. The summed E-state index contributed by atoms with van der Waals surface area (Å²) in [6.07, 6.45) is 4.23. The van der Waals surface area contributed by atoms with Crippen LogP contribution in [0.3, 0.4) is 0 Å². The molecule has 1 N–H and O–H groups in total. The number of amides is 3. The van der Waals surface area contributed by atoms with Gasteiger partial charge in [-0.05, 0) is 25.3 Å². The fourth-order valence-corrected chi connectivity index (χ4v) is 4.24. The Hall–Kier alpha value is -3.16. The second-order valence-corrected chi connectivity index (χ2v) is 8.59. The summed E-state index contributed by atoms with van der Waals surface area (Å²) in [5.41, 5.74) is 0.490. The van der Waals surface area contributed by atoms with E-state index in [-0.39, 0.29) is 30.0 Å². The number of likely N-dealkylation sites (tertiary alicyclic amines) is 1. The molecule has 164 valence electrons. The van der Waals surface area contributed by atoms with Crippen LogP contribution in [0.4, 0.5) is 0 Å². The summed E-state index contributed by atoms with van der Waals surface area (Å²) in [5.74, 6) is -0.714. The van der Waals surface area contributed by atoms with E-state index in [4.69, 9.17) is 0 Å². The number of hydrogen-bond acceptors (Lipinski definition) is 4. The maximum Gasteiger partial charge on any atom is 0.274 e. The summed E-state index contributed by atoms with van der Waals surface area (Å²) in [5, 5.41) is 7.37. The molecule has 0 spiro atoms. The van der Waals surface area contributed by atoms with Crippen LogP contribution in [0.25, 0.3) is 0 Å². The van der Waals surface area contributed by atoms with E-state index >= 15 is 0 Å². The van der Waals surface area contributed by atoms with Crippen molar-refractivity contribution in [3.63, 3.8) is 0 Å². The Morgan fingerprint density at radius 1 is 1.10 bits per heavy atom. The molecule has 2 aromatic rings. The van der Waals surface area contributed by atoms with Crippen molar-refractivity contribution in [2.45, 2.75) is 51.2 Å². The van der Waals surface area contributed by atoms with Gasteiger partial charge in [-0.3, -0.25) is 19.1 Å². The lowest BCUT2D eigenvalue weighted by molar-refractivity contribution is -0.132. The lowest BCUT2D eigenvalue weighted by atomic mass is 9.96. The summed E-state index contributed by atoms with van der Waals surface area (Å²) >= 11 is 0. The number of hydrogen-bond donors (Lipinski definition) is 1. The number of nitrogens with zero attached hydrogens (tertiary/aromatic N) is 4. The van der Waals surface area contributed by atoms with E-state index in [2.05, 4.69) is 10.4 Å². The largest absolute Gasteiger partial charge is 0.350 e. The summed E-state index contributed by atoms with van der Waals surface area (Å²) in [6, 6.07) is 11.2. The molecule has 0 saturated carbocycles. The molecule has 8 nitrogen and oxygen atoms in total. The summed E-state index contributed by atoms with van der Waals surface area (Å²) < 4.78 is 1.51. The highest BCUT2D eigenvalue weighted by Gasteiger charge is 2.46. The summed E-state index contributed by atoms with van der Waals surface area (Å²) in [7, 11) is 1.62. The number of rotatable bonds is 4. The standard InChI is InChI=1S/C23H29N5O3/c1-23(22(31)24-15-17-10-6-5-7-11-17)16-28-19(21(30)26(23)2)14-18(25-28)20(29)27-12-8-3-4-9-13-27/h5-7,10-11,14H,3-4,8-9,12-13,15-16H2,1-2H3,(H,24,31). The molecule has 0 radical (unpaired) electrons. The predicted octanol–water partition coefficient (Wildman–Crippen LogP) is 2.06. The Labute approximate surface area is 182 Å². The maximum absolute atomic E-state index is 13.1. The minimum absolute atomic E-state index is 0.144. The highest BCUT2D eigenvalue weighted by molar-refractivity contribution is 6.01. The van der Waals surface area contributed by atoms with Gasteiger partial charge in [0.25, 0.3) is 11.8 Å². The number of carbonyl (C=O) groups is 3. The van der Waals surface area contributed by atoms with Crippen LogP contribution in [-0.2, 0) is 17.9 Å². The van der Waals surface area contributed by atoms with Crippen molar-refractivity contribution in [1.29, 1.82) is 0 Å². The van der Waals surface area contributed by atoms with Gasteiger partial charge in [0.15, 0.2) is 5.69 Å². The lowest BCUT2D eigenvalue weighted by Gasteiger charge is -2.40. The van der Waals surface area contributed by atoms with E-state index in [0.717, 1.165) is 31.2 Å². The zero-order valence-electron chi connectivity index (χ0n) is 18.1. The first kappa shape index (κ1) is 21.1. The Balaban J connectivity index is 1.52. The number of aromatic nitrogens is 2. The molecular formula is C23H29N5O3. The van der Waals surface area contributed by atoms with Crippen LogP contribution in [0.1, 0.15) is 59.1 Å². The first-order chi connectivity index (χ1) is 14.9. The molecule has 1 aromatic heterocycles. The molecule has 1 fully saturated rings. The first-order valence-electron chi connectivity index (χ1n) is 10.9. The molecule has 31 heavy (non-hydrogen) atoms. The van der Waals surface area contributed by atoms with Gasteiger partial charge < -0.3 is 15.1 Å². The second-order valence-electron chi connectivity index (χ2n) is 8.59. The van der Waals surface area contributed by atoms with Gasteiger partial charge in [0.2, 0.25) is 5.91 Å². The minimum atomic E-state index is -1.10. The third kappa shape index (κ3) is 4.06. The zero-order valence-corrected chi connectivity index (χ0v) is 18.1. The topological polar surface area (TPSA) is 87.5 Å². The Morgan fingerprint density at radius 3 is 2.45 bits per heavy atom. The fraction of sp³-hybridized carbons (Fsp3) is 0.478. The van der Waals surface area contributed by atoms with E-state index < -0.39 is 5.54 Å². The fourth-order valence-electron chi connectivity index (χ4n) is 4.24. The highest BCUT2D eigenvalue weighted by Crippen LogP contribution is 2.26. The van der Waals surface area contributed by atoms with Gasteiger partial charge in [-0.25, -0.2) is 0 Å². The monoisotopic (exact) mass is 423 g/mol. The van der Waals surface area contributed by atoms with E-state index in [1.165, 1.54) is 9.58 Å². The molecule has 2 aliphatic heterocycles. The van der Waals surface area contributed by atoms with Crippen LogP contribution >= 0.6 is 0 Å². The van der Waals surface area contributed by atoms with Crippen LogP contribution in [0.15, 0.2) is 36.4 Å². The second kappa shape index (κ2) is 8.53. The number of likely N-dealkylation sites (N-methyl/N-ethyl adjacent to an activating group) is 1. The van der Waals surface area contributed by atoms with Crippen LogP contribution in [-0.4, -0.2) is 63.0 Å². The van der Waals surface area contributed by atoms with Crippen LogP contribution in [0.5, 0.6) is 0 Å². The van der Waals surface area contributed by atoms with Gasteiger partial charge in [-0.15, -0.1) is 0 Å². The van der Waals surface area contributed by atoms with Gasteiger partial charge >= 0.3 is 0 Å². The maximum atomic E-state index is 13.1. The van der Waals surface area contributed by atoms with Crippen LogP contribution < -0.4 is 5.32 Å². The average molecular weight is 424 g/mol. The highest BCUT2D eigenvalue weighted by atomic mass is 16.2. The van der Waals surface area contributed by atoms with Crippen LogP contribution in [0, 0.1) is 0 Å². The Kier molecular flexibility index (Phi) is 5.80. The first-order valence-corrected chi connectivity index (χ1v) is 10.9. The number of benzene rings is 1. The number of fused-ring (bicyclic) bond motifs is 1. The van der Waals surface area contributed by atoms with Crippen molar-refractivity contribution < 1.29 is 14.4 Å². The molecule has 1 atom stereocenters. The van der Waals surface area contributed by atoms with Gasteiger partial charge in [0.1, 0.15) is 11.2 Å². The third-order valence-electron chi connectivity index (χ3n) is 6.40. The van der Waals surface area contributed by atoms with Gasteiger partial charge in [-0.1, -0.05) is 43.2 Å². The molecule has 1 unspecified atom stereocenters. The number of nitrogens with one attached hydrogen (secondary N) is 1. The quantitative estimate of drug-likeness (QED) is 0.816. The smallest absolute Gasteiger partial charge is 0.274 e. The van der Waals surface area contributed by atoms with E-state index in [1.807, 2.05) is 35.2 Å². The minimum Gasteiger partial charge on any atom is -0.350 e. The van der Waals surface area contributed by atoms with Crippen molar-refractivity contribution in [3.05, 3.63) is 53.3 Å². The number of carbonyl (C=O) groups excluding carboxylic acids is 3. The molecule has 1 saturated heterocycles. The lowest BCUT2D eigenvalue weighted by Crippen LogP contribution is -2.62. The molecule has 2 aliphatic rings. The third-order valence-corrected chi connectivity index (χ3v) is 6.40. The van der Waals surface area contributed by atoms with E-state index in [1.54, 1.807) is 20.0 Å². The van der Waals surface area contributed by atoms with Gasteiger partial charge in [0.05, 0.1) is 6.54 Å². The van der Waals surface area contributed by atoms with Crippen LogP contribution in [0.2, 0.25) is 0 Å². The predicted molar refractivity (Wildman–Crippen MR) is 115 cm³/mol. The SMILES string of the molecule is CN1C(=O)c2cc(C(=O)N3CCCCCC3)nn2CC1(C)C(=O)NCc1ccccc1. The summed E-state index contributed by atoms with van der Waals surface area (Å²) in [6.45, 7) is 3.73. The van der Waals surface area contributed by atoms with Gasteiger partial charge in [-0.2, -0.15) is 5.10 Å². The Morgan fingerprint density at radius 2 is 1.77 bits per heavy atom. The van der Waals surface area contributed by atoms with E-state index in [9.17, 15) is 14.4 Å². The van der Waals surface area contributed by atoms with Crippen molar-refractivity contribution in [2.75, 3.05) is 20.1 Å².